The van der Waals surface area contributed by atoms with E-state index < -0.39 is 17.8 Å². The summed E-state index contributed by atoms with van der Waals surface area (Å²) in [6.45, 7) is -0.180. The van der Waals surface area contributed by atoms with Gasteiger partial charge in [-0.05, 0) is 12.8 Å². The first-order valence-electron chi connectivity index (χ1n) is 6.09. The first kappa shape index (κ1) is 12.1. The molecule has 2 heterocycles. The number of aliphatic hydroxyl groups is 1. The zero-order valence-corrected chi connectivity index (χ0v) is 10.1. The standard InChI is InChI=1S/C11H14FN5O2/c12-7-5(3-18)1-2-6(7)17-4-14-8-9(17)15-11(13)16-10(8)19/h4-7,18H,1-3H2,(H3,13,15,16,19). The van der Waals surface area contributed by atoms with Crippen molar-refractivity contribution in [1.29, 1.82) is 0 Å². The van der Waals surface area contributed by atoms with E-state index in [9.17, 15) is 9.18 Å². The number of anilines is 1. The monoisotopic (exact) mass is 267 g/mol. The Labute approximate surface area is 107 Å². The second kappa shape index (κ2) is 4.30. The molecule has 0 spiro atoms. The molecule has 19 heavy (non-hydrogen) atoms. The first-order valence-corrected chi connectivity index (χ1v) is 6.09. The van der Waals surface area contributed by atoms with Gasteiger partial charge in [0.1, 0.15) is 6.17 Å². The van der Waals surface area contributed by atoms with Crippen LogP contribution in [0.3, 0.4) is 0 Å². The van der Waals surface area contributed by atoms with E-state index in [1.165, 1.54) is 6.33 Å². The average Bonchev–Trinajstić information content (AvgIpc) is 2.92. The minimum absolute atomic E-state index is 0.0219. The predicted octanol–water partition coefficient (Wildman–Crippen LogP) is -0.0167. The normalized spacial score (nSPS) is 27.2. The molecule has 102 valence electrons. The Hall–Kier alpha value is -1.96. The SMILES string of the molecule is Nc1nc2c(ncn2C2CCC(CO)C2F)c(=O)[nH]1. The van der Waals surface area contributed by atoms with Gasteiger partial charge in [0.15, 0.2) is 11.2 Å². The maximum atomic E-state index is 14.2. The Morgan fingerprint density at radius 3 is 3.05 bits per heavy atom. The molecule has 3 unspecified atom stereocenters. The summed E-state index contributed by atoms with van der Waals surface area (Å²) >= 11 is 0. The number of nitrogens with zero attached hydrogens (tertiary/aromatic N) is 3. The molecule has 1 saturated carbocycles. The molecule has 2 aromatic heterocycles. The minimum atomic E-state index is -1.18. The summed E-state index contributed by atoms with van der Waals surface area (Å²) in [6.07, 6.45) is 1.40. The molecule has 1 aliphatic rings. The largest absolute Gasteiger partial charge is 0.396 e. The van der Waals surface area contributed by atoms with Crippen molar-refractivity contribution in [3.8, 4) is 0 Å². The van der Waals surface area contributed by atoms with Crippen LogP contribution in [0.5, 0.6) is 0 Å². The van der Waals surface area contributed by atoms with Gasteiger partial charge in [-0.2, -0.15) is 4.98 Å². The molecule has 3 atom stereocenters. The summed E-state index contributed by atoms with van der Waals surface area (Å²) in [4.78, 5) is 22.0. The Bertz CT molecular complexity index is 667. The molecule has 0 aromatic carbocycles. The van der Waals surface area contributed by atoms with Crippen molar-refractivity contribution in [2.75, 3.05) is 12.3 Å². The molecular weight excluding hydrogens is 253 g/mol. The van der Waals surface area contributed by atoms with Crippen molar-refractivity contribution < 1.29 is 9.50 Å². The number of nitrogens with one attached hydrogen (secondary N) is 1. The van der Waals surface area contributed by atoms with Crippen LogP contribution in [0, 0.1) is 5.92 Å². The molecular formula is C11H14FN5O2. The van der Waals surface area contributed by atoms with E-state index in [4.69, 9.17) is 10.8 Å². The van der Waals surface area contributed by atoms with Crippen LogP contribution in [0.2, 0.25) is 0 Å². The first-order chi connectivity index (χ1) is 9.11. The number of fused-ring (bicyclic) bond motifs is 1. The molecule has 1 aliphatic carbocycles. The van der Waals surface area contributed by atoms with Gasteiger partial charge in [0.25, 0.3) is 5.56 Å². The molecule has 0 bridgehead atoms. The summed E-state index contributed by atoms with van der Waals surface area (Å²) in [6, 6.07) is -0.462. The molecule has 4 N–H and O–H groups in total. The fourth-order valence-corrected chi connectivity index (χ4v) is 2.69. The van der Waals surface area contributed by atoms with Crippen molar-refractivity contribution in [2.24, 2.45) is 5.92 Å². The maximum absolute atomic E-state index is 14.2. The quantitative estimate of drug-likeness (QED) is 0.708. The Morgan fingerprint density at radius 1 is 1.58 bits per heavy atom. The van der Waals surface area contributed by atoms with Gasteiger partial charge in [-0.25, -0.2) is 9.37 Å². The van der Waals surface area contributed by atoms with Gasteiger partial charge in [0, 0.05) is 12.5 Å². The summed E-state index contributed by atoms with van der Waals surface area (Å²) in [5.41, 5.74) is 5.49. The van der Waals surface area contributed by atoms with Crippen molar-refractivity contribution in [1.82, 2.24) is 19.5 Å². The highest BCUT2D eigenvalue weighted by molar-refractivity contribution is 5.70. The number of halogens is 1. The van der Waals surface area contributed by atoms with Crippen LogP contribution in [-0.2, 0) is 0 Å². The molecule has 0 aliphatic heterocycles. The lowest BCUT2D eigenvalue weighted by molar-refractivity contribution is 0.141. The van der Waals surface area contributed by atoms with Gasteiger partial charge in [0.05, 0.1) is 12.4 Å². The van der Waals surface area contributed by atoms with Crippen LogP contribution in [0.15, 0.2) is 11.1 Å². The van der Waals surface area contributed by atoms with E-state index in [0.29, 0.717) is 12.8 Å². The highest BCUT2D eigenvalue weighted by atomic mass is 19.1. The van der Waals surface area contributed by atoms with Crippen LogP contribution in [0.25, 0.3) is 11.2 Å². The number of aromatic nitrogens is 4. The van der Waals surface area contributed by atoms with E-state index >= 15 is 0 Å². The number of aromatic amines is 1. The fraction of sp³-hybridized carbons (Fsp3) is 0.545. The number of nitrogens with two attached hydrogens (primary N) is 1. The van der Waals surface area contributed by atoms with Crippen LogP contribution in [-0.4, -0.2) is 37.4 Å². The van der Waals surface area contributed by atoms with E-state index in [-0.39, 0.29) is 29.6 Å². The summed E-state index contributed by atoms with van der Waals surface area (Å²) in [5, 5.41) is 9.10. The minimum Gasteiger partial charge on any atom is -0.396 e. The third kappa shape index (κ3) is 1.79. The topological polar surface area (TPSA) is 110 Å². The van der Waals surface area contributed by atoms with Gasteiger partial charge >= 0.3 is 0 Å². The number of imidazole rings is 1. The predicted molar refractivity (Wildman–Crippen MR) is 66.3 cm³/mol. The number of hydrogen-bond acceptors (Lipinski definition) is 5. The lowest BCUT2D eigenvalue weighted by Gasteiger charge is -2.17. The smallest absolute Gasteiger partial charge is 0.280 e. The lowest BCUT2D eigenvalue weighted by Crippen LogP contribution is -2.22. The third-order valence-electron chi connectivity index (χ3n) is 3.69. The number of nitrogen functional groups attached to an aromatic ring is 1. The zero-order valence-electron chi connectivity index (χ0n) is 10.1. The number of aliphatic hydroxyl groups excluding tert-OH is 1. The van der Waals surface area contributed by atoms with Crippen LogP contribution < -0.4 is 11.3 Å². The maximum Gasteiger partial charge on any atom is 0.280 e. The molecule has 0 saturated heterocycles. The molecule has 0 amide bonds. The van der Waals surface area contributed by atoms with E-state index in [1.54, 1.807) is 4.57 Å². The van der Waals surface area contributed by atoms with Gasteiger partial charge in [-0.15, -0.1) is 0 Å². The Balaban J connectivity index is 2.09. The Kier molecular flexibility index (Phi) is 2.74. The number of rotatable bonds is 2. The molecule has 1 fully saturated rings. The van der Waals surface area contributed by atoms with Gasteiger partial charge < -0.3 is 15.4 Å². The highest BCUT2D eigenvalue weighted by Crippen LogP contribution is 2.38. The van der Waals surface area contributed by atoms with Gasteiger partial charge in [-0.1, -0.05) is 0 Å². The van der Waals surface area contributed by atoms with Gasteiger partial charge in [0.2, 0.25) is 5.95 Å². The van der Waals surface area contributed by atoms with Crippen molar-refractivity contribution in [3.63, 3.8) is 0 Å². The molecule has 7 nitrogen and oxygen atoms in total. The van der Waals surface area contributed by atoms with E-state index in [1.807, 2.05) is 0 Å². The number of hydrogen-bond donors (Lipinski definition) is 3. The summed E-state index contributed by atoms with van der Waals surface area (Å²) in [7, 11) is 0. The van der Waals surface area contributed by atoms with Crippen molar-refractivity contribution in [2.45, 2.75) is 25.1 Å². The van der Waals surface area contributed by atoms with E-state index in [2.05, 4.69) is 15.0 Å². The van der Waals surface area contributed by atoms with Crippen LogP contribution >= 0.6 is 0 Å². The Morgan fingerprint density at radius 2 is 2.37 bits per heavy atom. The van der Waals surface area contributed by atoms with Gasteiger partial charge in [-0.3, -0.25) is 9.78 Å². The van der Waals surface area contributed by atoms with Crippen molar-refractivity contribution in [3.05, 3.63) is 16.7 Å². The summed E-state index contributed by atoms with van der Waals surface area (Å²) in [5.74, 6) is -0.395. The average molecular weight is 267 g/mol. The molecule has 0 radical (unpaired) electrons. The fourth-order valence-electron chi connectivity index (χ4n) is 2.69. The second-order valence-corrected chi connectivity index (χ2v) is 4.81. The highest BCUT2D eigenvalue weighted by Gasteiger charge is 2.38. The second-order valence-electron chi connectivity index (χ2n) is 4.81. The number of H-pyrrole nitrogens is 1. The van der Waals surface area contributed by atoms with Crippen molar-refractivity contribution >= 4 is 17.1 Å². The lowest BCUT2D eigenvalue weighted by atomic mass is 10.1. The zero-order chi connectivity index (χ0) is 13.6. The molecule has 3 rings (SSSR count). The molecule has 2 aromatic rings. The van der Waals surface area contributed by atoms with Crippen LogP contribution in [0.1, 0.15) is 18.9 Å². The van der Waals surface area contributed by atoms with Crippen LogP contribution in [0.4, 0.5) is 10.3 Å². The van der Waals surface area contributed by atoms with E-state index in [0.717, 1.165) is 0 Å². The number of alkyl halides is 1. The molecule has 8 heteroatoms. The third-order valence-corrected chi connectivity index (χ3v) is 3.69. The summed E-state index contributed by atoms with van der Waals surface area (Å²) < 4.78 is 15.7.